The van der Waals surface area contributed by atoms with Crippen molar-refractivity contribution in [1.82, 2.24) is 9.13 Å². The summed E-state index contributed by atoms with van der Waals surface area (Å²) in [6, 6.07) is 34.1. The molecule has 212 valence electrons. The second-order valence-corrected chi connectivity index (χ2v) is 11.2. The first-order valence-electron chi connectivity index (χ1n) is 20.2. The predicted octanol–water partition coefficient (Wildman–Crippen LogP) is 11.6. The van der Waals surface area contributed by atoms with Gasteiger partial charge < -0.3 is 9.13 Å². The minimum Gasteiger partial charge on any atom is -0.309 e. The first kappa shape index (κ1) is 17.3. The zero-order valence-electron chi connectivity index (χ0n) is 33.8. The highest BCUT2D eigenvalue weighted by molar-refractivity contribution is 6.28. The van der Waals surface area contributed by atoms with Crippen molar-refractivity contribution in [2.24, 2.45) is 0 Å². The van der Waals surface area contributed by atoms with Crippen LogP contribution in [-0.2, 0) is 0 Å². The van der Waals surface area contributed by atoms with Crippen molar-refractivity contribution in [1.29, 1.82) is 0 Å². The monoisotopic (exact) mass is 576 g/mol. The molecule has 0 amide bonds. The second kappa shape index (κ2) is 10.3. The van der Waals surface area contributed by atoms with Gasteiger partial charge in [-0.1, -0.05) is 110 Å². The minimum atomic E-state index is -1.07. The Morgan fingerprint density at radius 3 is 1.80 bits per heavy atom. The Labute approximate surface area is 271 Å². The van der Waals surface area contributed by atoms with Gasteiger partial charge in [0.15, 0.2) is 0 Å². The average molecular weight is 577 g/mol. The van der Waals surface area contributed by atoms with Gasteiger partial charge in [-0.15, -0.1) is 0 Å². The van der Waals surface area contributed by atoms with E-state index in [0.717, 1.165) is 66.0 Å². The van der Waals surface area contributed by atoms with Gasteiger partial charge in [0.25, 0.3) is 0 Å². The lowest BCUT2D eigenvalue weighted by Gasteiger charge is -2.22. The fraction of sp³-hybridized carbons (Fsp3) is 0.143. The molecule has 9 rings (SSSR count). The van der Waals surface area contributed by atoms with Gasteiger partial charge in [-0.25, -0.2) is 0 Å². The molecule has 2 nitrogen and oxygen atoms in total. The zero-order valence-corrected chi connectivity index (χ0v) is 23.8. The summed E-state index contributed by atoms with van der Waals surface area (Å²) in [5.74, 6) is -0.628. The lowest BCUT2D eigenvalue weighted by molar-refractivity contribution is 0.444. The summed E-state index contributed by atoms with van der Waals surface area (Å²) < 4.78 is 88.8. The van der Waals surface area contributed by atoms with Crippen molar-refractivity contribution in [3.05, 3.63) is 145 Å². The molecule has 44 heavy (non-hydrogen) atoms. The van der Waals surface area contributed by atoms with Gasteiger partial charge in [-0.2, -0.15) is 0 Å². The van der Waals surface area contributed by atoms with Crippen LogP contribution in [0.25, 0.3) is 66.1 Å². The molecule has 0 radical (unpaired) electrons. The Morgan fingerprint density at radius 1 is 0.523 bits per heavy atom. The molecular formula is C42H34N2. The van der Waals surface area contributed by atoms with E-state index in [4.69, 9.17) is 13.7 Å². The Balaban J connectivity index is 1.21. The van der Waals surface area contributed by atoms with Crippen LogP contribution >= 0.6 is 0 Å². The molecule has 8 aromatic rings. The van der Waals surface area contributed by atoms with E-state index in [2.05, 4.69) is 28.8 Å². The number of nitrogens with zero attached hydrogens (tertiary/aromatic N) is 2. The highest BCUT2D eigenvalue weighted by Gasteiger charge is 2.20. The van der Waals surface area contributed by atoms with Crippen LogP contribution in [0.3, 0.4) is 0 Å². The summed E-state index contributed by atoms with van der Waals surface area (Å²) in [7, 11) is 0. The molecule has 1 fully saturated rings. The molecule has 0 N–H and O–H groups in total. The summed E-state index contributed by atoms with van der Waals surface area (Å²) in [5.41, 5.74) is 7.01. The third kappa shape index (κ3) is 3.94. The molecule has 0 bridgehead atoms. The van der Waals surface area contributed by atoms with Gasteiger partial charge in [0.2, 0.25) is 0 Å². The molecule has 2 heteroatoms. The molecule has 4 unspecified atom stereocenters. The minimum absolute atomic E-state index is 0.106. The standard InChI is InChI=1S/C42H34N2/c1-3-12-29(13-4-1)31-14-11-15-32(28-31)30-22-24-34(25-23-30)44-38-21-10-8-19-36(38)42-40(44)27-26-39-41(42)35-18-7-9-20-37(35)43(39)33-16-5-2-6-17-33/h2,5-11,14-29H,1,3-4,12-13H2/i1D,2D,3D,4D,5D,6D,12D,13D,16D,17D. The number of para-hydroxylation sites is 3. The van der Waals surface area contributed by atoms with Crippen molar-refractivity contribution in [3.8, 4) is 22.5 Å². The molecule has 2 aromatic heterocycles. The number of aromatic nitrogens is 2. The smallest absolute Gasteiger partial charge is 0.0645 e. The quantitative estimate of drug-likeness (QED) is 0.197. The van der Waals surface area contributed by atoms with Crippen molar-refractivity contribution >= 4 is 43.6 Å². The van der Waals surface area contributed by atoms with Crippen LogP contribution in [0.15, 0.2) is 139 Å². The second-order valence-electron chi connectivity index (χ2n) is 11.2. The number of benzene rings is 6. The SMILES string of the molecule is [2H]c1c([2H])c([2H])c(-n2c3ccccc3c3c4c5ccccc5n(-c5ccc(-c6cccc(C7C([2H])C([2H])C([2H])C([2H])C7[2H])c6)cc5)c4ccc32)c([2H])c1[2H]. The Bertz CT molecular complexity index is 2740. The van der Waals surface area contributed by atoms with E-state index in [1.807, 2.05) is 84.9 Å². The number of rotatable bonds is 4. The van der Waals surface area contributed by atoms with Gasteiger partial charge in [-0.05, 0) is 83.9 Å². The Kier molecular flexibility index (Phi) is 4.03. The highest BCUT2D eigenvalue weighted by atomic mass is 15.0. The third-order valence-electron chi connectivity index (χ3n) is 8.77. The normalized spacial score (nSPS) is 27.1. The molecule has 0 spiro atoms. The summed E-state index contributed by atoms with van der Waals surface area (Å²) in [4.78, 5) is 0. The predicted molar refractivity (Wildman–Crippen MR) is 186 cm³/mol. The van der Waals surface area contributed by atoms with Crippen LogP contribution in [0.2, 0.25) is 0 Å². The third-order valence-corrected chi connectivity index (χ3v) is 8.77. The molecular weight excluding hydrogens is 532 g/mol. The van der Waals surface area contributed by atoms with E-state index in [-0.39, 0.29) is 29.9 Å². The molecule has 2 heterocycles. The highest BCUT2D eigenvalue weighted by Crippen LogP contribution is 2.42. The molecule has 1 aliphatic rings. The largest absolute Gasteiger partial charge is 0.309 e. The van der Waals surface area contributed by atoms with E-state index in [0.29, 0.717) is 0 Å². The number of hydrogen-bond acceptors (Lipinski definition) is 0. The van der Waals surface area contributed by atoms with Crippen LogP contribution in [-0.4, -0.2) is 9.13 Å². The van der Waals surface area contributed by atoms with E-state index < -0.39 is 43.9 Å². The van der Waals surface area contributed by atoms with Crippen molar-refractivity contribution in [3.63, 3.8) is 0 Å². The van der Waals surface area contributed by atoms with E-state index in [9.17, 15) is 0 Å². The Morgan fingerprint density at radius 2 is 1.14 bits per heavy atom. The van der Waals surface area contributed by atoms with Gasteiger partial charge in [-0.3, -0.25) is 0 Å². The first-order valence-corrected chi connectivity index (χ1v) is 14.8. The van der Waals surface area contributed by atoms with E-state index in [1.165, 1.54) is 0 Å². The molecule has 4 atom stereocenters. The van der Waals surface area contributed by atoms with Crippen LogP contribution in [0.4, 0.5) is 0 Å². The number of hydrogen-bond donors (Lipinski definition) is 0. The number of fused-ring (bicyclic) bond motifs is 7. The van der Waals surface area contributed by atoms with Gasteiger partial charge >= 0.3 is 0 Å². The molecule has 1 aliphatic carbocycles. The lowest BCUT2D eigenvalue weighted by atomic mass is 9.83. The fourth-order valence-electron chi connectivity index (χ4n) is 6.84. The summed E-state index contributed by atoms with van der Waals surface area (Å²) in [6.07, 6.45) is -5.07. The molecule has 6 aromatic carbocycles. The molecule has 0 saturated heterocycles. The Hall–Kier alpha value is -5.08. The summed E-state index contributed by atoms with van der Waals surface area (Å²) in [5, 5.41) is 3.82. The summed E-state index contributed by atoms with van der Waals surface area (Å²) >= 11 is 0. The average Bonchev–Trinajstić information content (AvgIpc) is 3.71. The van der Waals surface area contributed by atoms with Crippen LogP contribution in [0.5, 0.6) is 0 Å². The van der Waals surface area contributed by atoms with Crippen molar-refractivity contribution in [2.75, 3.05) is 0 Å². The maximum atomic E-state index is 8.82. The molecule has 0 aliphatic heterocycles. The van der Waals surface area contributed by atoms with Crippen LogP contribution < -0.4 is 0 Å². The van der Waals surface area contributed by atoms with E-state index in [1.54, 1.807) is 4.57 Å². The fourth-order valence-corrected chi connectivity index (χ4v) is 6.84. The maximum Gasteiger partial charge on any atom is 0.0645 e. The van der Waals surface area contributed by atoms with Crippen molar-refractivity contribution < 1.29 is 13.7 Å². The van der Waals surface area contributed by atoms with Crippen LogP contribution in [0.1, 0.15) is 57.2 Å². The first-order chi connectivity index (χ1) is 26.0. The lowest BCUT2D eigenvalue weighted by Crippen LogP contribution is -2.04. The maximum absolute atomic E-state index is 8.82. The topological polar surface area (TPSA) is 9.86 Å². The van der Waals surface area contributed by atoms with Gasteiger partial charge in [0.1, 0.15) is 0 Å². The van der Waals surface area contributed by atoms with Gasteiger partial charge in [0.05, 0.1) is 28.9 Å². The van der Waals surface area contributed by atoms with E-state index >= 15 is 0 Å². The summed E-state index contributed by atoms with van der Waals surface area (Å²) in [6.45, 7) is 0. The zero-order chi connectivity index (χ0) is 37.7. The van der Waals surface area contributed by atoms with Crippen molar-refractivity contribution in [2.45, 2.75) is 37.9 Å². The molecule has 1 saturated carbocycles. The van der Waals surface area contributed by atoms with Gasteiger partial charge in [0, 0.05) is 39.8 Å². The van der Waals surface area contributed by atoms with Crippen LogP contribution in [0, 0.1) is 0 Å².